The van der Waals surface area contributed by atoms with Gasteiger partial charge in [0.15, 0.2) is 0 Å². The second-order valence-corrected chi connectivity index (χ2v) is 5.58. The van der Waals surface area contributed by atoms with Gasteiger partial charge in [-0.1, -0.05) is 0 Å². The molecule has 2 rings (SSSR count). The second kappa shape index (κ2) is 5.50. The van der Waals surface area contributed by atoms with Gasteiger partial charge in [0, 0.05) is 18.1 Å². The molecule has 88 valence electrons. The third-order valence-electron chi connectivity index (χ3n) is 2.84. The molecule has 1 aromatic rings. The van der Waals surface area contributed by atoms with E-state index in [-0.39, 0.29) is 0 Å². The first kappa shape index (κ1) is 11.7. The monoisotopic (exact) mass is 239 g/mol. The van der Waals surface area contributed by atoms with E-state index in [1.807, 2.05) is 6.92 Å². The molecule has 1 aromatic heterocycles. The van der Waals surface area contributed by atoms with E-state index in [4.69, 9.17) is 0 Å². The van der Waals surface area contributed by atoms with Crippen LogP contribution in [0.25, 0.3) is 0 Å². The maximum absolute atomic E-state index is 12.1. The molecule has 1 aliphatic heterocycles. The van der Waals surface area contributed by atoms with Gasteiger partial charge in [0.1, 0.15) is 5.03 Å². The highest BCUT2D eigenvalue weighted by Crippen LogP contribution is 2.15. The summed E-state index contributed by atoms with van der Waals surface area (Å²) in [5.74, 6) is 1.21. The third kappa shape index (κ3) is 2.86. The molecule has 0 radical (unpaired) electrons. The van der Waals surface area contributed by atoms with Crippen LogP contribution in [0.2, 0.25) is 0 Å². The van der Waals surface area contributed by atoms with E-state index in [9.17, 15) is 4.21 Å². The lowest BCUT2D eigenvalue weighted by molar-refractivity contribution is 0.407. The van der Waals surface area contributed by atoms with Crippen molar-refractivity contribution in [2.45, 2.75) is 24.8 Å². The standard InChI is InChI=1S/C11H17N3OS/c1-9-11(14-6-5-13-9)16(15)8-10-3-2-4-12-7-10/h5-6,10,12H,2-4,7-8H2,1H3/t10-,16-/m1/s1. The molecule has 5 heteroatoms. The first-order valence-electron chi connectivity index (χ1n) is 5.64. The van der Waals surface area contributed by atoms with E-state index >= 15 is 0 Å². The average molecular weight is 239 g/mol. The van der Waals surface area contributed by atoms with Crippen LogP contribution in [-0.2, 0) is 10.8 Å². The number of hydrogen-bond donors (Lipinski definition) is 1. The van der Waals surface area contributed by atoms with Crippen molar-refractivity contribution >= 4 is 10.8 Å². The number of piperidine rings is 1. The quantitative estimate of drug-likeness (QED) is 0.851. The van der Waals surface area contributed by atoms with Gasteiger partial charge >= 0.3 is 0 Å². The van der Waals surface area contributed by atoms with Crippen LogP contribution < -0.4 is 5.32 Å². The molecular weight excluding hydrogens is 222 g/mol. The Morgan fingerprint density at radius 1 is 1.50 bits per heavy atom. The van der Waals surface area contributed by atoms with E-state index in [1.165, 1.54) is 6.42 Å². The lowest BCUT2D eigenvalue weighted by Gasteiger charge is -2.22. The summed E-state index contributed by atoms with van der Waals surface area (Å²) in [7, 11) is -1.01. The van der Waals surface area contributed by atoms with Crippen molar-refractivity contribution in [2.75, 3.05) is 18.8 Å². The van der Waals surface area contributed by atoms with Crippen molar-refractivity contribution in [1.82, 2.24) is 15.3 Å². The molecule has 2 heterocycles. The summed E-state index contributed by atoms with van der Waals surface area (Å²) in [5.41, 5.74) is 0.782. The van der Waals surface area contributed by atoms with E-state index < -0.39 is 10.8 Å². The average Bonchev–Trinajstić information content (AvgIpc) is 2.31. The number of aromatic nitrogens is 2. The zero-order chi connectivity index (χ0) is 11.4. The molecular formula is C11H17N3OS. The maximum Gasteiger partial charge on any atom is 0.148 e. The summed E-state index contributed by atoms with van der Waals surface area (Å²) in [6, 6.07) is 0. The third-order valence-corrected chi connectivity index (χ3v) is 4.44. The molecule has 0 aliphatic carbocycles. The fourth-order valence-electron chi connectivity index (χ4n) is 1.98. The molecule has 0 aromatic carbocycles. The van der Waals surface area contributed by atoms with Gasteiger partial charge in [0.25, 0.3) is 0 Å². The van der Waals surface area contributed by atoms with Crippen molar-refractivity contribution in [2.24, 2.45) is 5.92 Å². The van der Waals surface area contributed by atoms with E-state index in [0.717, 1.165) is 25.2 Å². The summed E-state index contributed by atoms with van der Waals surface area (Å²) in [6.07, 6.45) is 5.59. The van der Waals surface area contributed by atoms with Crippen LogP contribution in [-0.4, -0.2) is 33.0 Å². The molecule has 1 fully saturated rings. The molecule has 0 bridgehead atoms. The lowest BCUT2D eigenvalue weighted by Crippen LogP contribution is -2.32. The van der Waals surface area contributed by atoms with Crippen LogP contribution in [0.5, 0.6) is 0 Å². The molecule has 1 aliphatic rings. The van der Waals surface area contributed by atoms with E-state index in [1.54, 1.807) is 12.4 Å². The molecule has 1 saturated heterocycles. The molecule has 4 nitrogen and oxygen atoms in total. The number of nitrogens with one attached hydrogen (secondary N) is 1. The van der Waals surface area contributed by atoms with Crippen molar-refractivity contribution in [3.05, 3.63) is 18.1 Å². The Bertz CT molecular complexity index is 377. The van der Waals surface area contributed by atoms with Crippen molar-refractivity contribution < 1.29 is 4.21 Å². The Kier molecular flexibility index (Phi) is 4.01. The Balaban J connectivity index is 2.00. The minimum Gasteiger partial charge on any atom is -0.316 e. The van der Waals surface area contributed by atoms with Gasteiger partial charge in [-0.05, 0) is 38.8 Å². The fraction of sp³-hybridized carbons (Fsp3) is 0.636. The first-order valence-corrected chi connectivity index (χ1v) is 6.96. The molecule has 0 saturated carbocycles. The number of aryl methyl sites for hydroxylation is 1. The van der Waals surface area contributed by atoms with Crippen LogP contribution in [0.15, 0.2) is 17.4 Å². The molecule has 0 unspecified atom stereocenters. The topological polar surface area (TPSA) is 54.9 Å². The number of nitrogens with zero attached hydrogens (tertiary/aromatic N) is 2. The molecule has 1 N–H and O–H groups in total. The van der Waals surface area contributed by atoms with Crippen LogP contribution in [0.3, 0.4) is 0 Å². The predicted octanol–water partition coefficient (Wildman–Crippen LogP) is 0.892. The SMILES string of the molecule is Cc1nccnc1[S@](=O)C[C@@H]1CCCNC1. The highest BCUT2D eigenvalue weighted by molar-refractivity contribution is 7.85. The Morgan fingerprint density at radius 3 is 3.00 bits per heavy atom. The lowest BCUT2D eigenvalue weighted by atomic mass is 10.0. The largest absolute Gasteiger partial charge is 0.316 e. The molecule has 0 spiro atoms. The van der Waals surface area contributed by atoms with Gasteiger partial charge in [-0.3, -0.25) is 9.19 Å². The van der Waals surface area contributed by atoms with Crippen molar-refractivity contribution in [3.63, 3.8) is 0 Å². The Labute approximate surface area is 98.3 Å². The summed E-state index contributed by atoms with van der Waals surface area (Å²) >= 11 is 0. The van der Waals surface area contributed by atoms with Gasteiger partial charge < -0.3 is 5.32 Å². The Hall–Kier alpha value is -0.810. The molecule has 16 heavy (non-hydrogen) atoms. The first-order chi connectivity index (χ1) is 7.77. The second-order valence-electron chi connectivity index (χ2n) is 4.17. The van der Waals surface area contributed by atoms with Gasteiger partial charge in [-0.25, -0.2) is 4.98 Å². The zero-order valence-corrected chi connectivity index (χ0v) is 10.3. The smallest absolute Gasteiger partial charge is 0.148 e. The van der Waals surface area contributed by atoms with E-state index in [2.05, 4.69) is 15.3 Å². The summed E-state index contributed by atoms with van der Waals surface area (Å²) in [6.45, 7) is 3.93. The zero-order valence-electron chi connectivity index (χ0n) is 9.48. The predicted molar refractivity (Wildman–Crippen MR) is 63.6 cm³/mol. The normalized spacial score (nSPS) is 22.9. The van der Waals surface area contributed by atoms with Crippen molar-refractivity contribution in [1.29, 1.82) is 0 Å². The highest BCUT2D eigenvalue weighted by atomic mass is 32.2. The minimum atomic E-state index is -1.01. The highest BCUT2D eigenvalue weighted by Gasteiger charge is 2.18. The minimum absolute atomic E-state index is 0.510. The number of rotatable bonds is 3. The molecule has 2 atom stereocenters. The summed E-state index contributed by atoms with van der Waals surface area (Å²) in [5, 5.41) is 3.98. The van der Waals surface area contributed by atoms with Crippen LogP contribution in [0.1, 0.15) is 18.5 Å². The van der Waals surface area contributed by atoms with Crippen LogP contribution in [0, 0.1) is 12.8 Å². The van der Waals surface area contributed by atoms with Gasteiger partial charge in [0.05, 0.1) is 16.5 Å². The summed E-state index contributed by atoms with van der Waals surface area (Å²) in [4.78, 5) is 8.28. The fourth-order valence-corrected chi connectivity index (χ4v) is 3.41. The number of hydrogen-bond acceptors (Lipinski definition) is 4. The van der Waals surface area contributed by atoms with Crippen LogP contribution in [0.4, 0.5) is 0 Å². The van der Waals surface area contributed by atoms with Crippen LogP contribution >= 0.6 is 0 Å². The Morgan fingerprint density at radius 2 is 2.31 bits per heavy atom. The van der Waals surface area contributed by atoms with Gasteiger partial charge in [0.2, 0.25) is 0 Å². The van der Waals surface area contributed by atoms with Gasteiger partial charge in [-0.15, -0.1) is 0 Å². The van der Waals surface area contributed by atoms with E-state index in [0.29, 0.717) is 16.7 Å². The van der Waals surface area contributed by atoms with Crippen molar-refractivity contribution in [3.8, 4) is 0 Å². The summed E-state index contributed by atoms with van der Waals surface area (Å²) < 4.78 is 12.1. The van der Waals surface area contributed by atoms with Gasteiger partial charge in [-0.2, -0.15) is 0 Å². The molecule has 0 amide bonds. The maximum atomic E-state index is 12.1.